The van der Waals surface area contributed by atoms with E-state index in [1.54, 1.807) is 0 Å². The van der Waals surface area contributed by atoms with E-state index in [1.165, 1.54) is 0 Å². The highest BCUT2D eigenvalue weighted by atomic mass is 32.2. The molecule has 0 saturated carbocycles. The monoisotopic (exact) mass is 263 g/mol. The van der Waals surface area contributed by atoms with Crippen molar-refractivity contribution in [1.29, 1.82) is 0 Å². The summed E-state index contributed by atoms with van der Waals surface area (Å²) in [5, 5.41) is 9.28. The van der Waals surface area contributed by atoms with Crippen LogP contribution in [0.2, 0.25) is 0 Å². The number of amides is 1. The van der Waals surface area contributed by atoms with Gasteiger partial charge in [-0.25, -0.2) is 13.2 Å². The first-order valence-electron chi connectivity index (χ1n) is 5.54. The largest absolute Gasteiger partial charge is 0.479 e. The van der Waals surface area contributed by atoms with Crippen LogP contribution in [0.4, 0.5) is 0 Å². The second kappa shape index (κ2) is 5.03. The Labute approximate surface area is 101 Å². The van der Waals surface area contributed by atoms with Crippen molar-refractivity contribution in [3.05, 3.63) is 0 Å². The molecular formula is C10H17NO5S. The molecule has 1 heterocycles. The number of nitrogens with zero attached hydrogens (tertiary/aromatic N) is 1. The molecule has 1 unspecified atom stereocenters. The summed E-state index contributed by atoms with van der Waals surface area (Å²) >= 11 is 0. The number of aliphatic carboxylic acids is 1. The first-order valence-corrected chi connectivity index (χ1v) is 7.36. The third-order valence-electron chi connectivity index (χ3n) is 3.04. The van der Waals surface area contributed by atoms with Crippen molar-refractivity contribution in [3.8, 4) is 0 Å². The van der Waals surface area contributed by atoms with Gasteiger partial charge < -0.3 is 10.0 Å². The minimum atomic E-state index is -3.39. The third kappa shape index (κ3) is 2.77. The van der Waals surface area contributed by atoms with Gasteiger partial charge in [0, 0.05) is 6.54 Å². The second-order valence-corrected chi connectivity index (χ2v) is 6.52. The Morgan fingerprint density at radius 3 is 2.59 bits per heavy atom. The van der Waals surface area contributed by atoms with Crippen LogP contribution in [0.15, 0.2) is 0 Å². The summed E-state index contributed by atoms with van der Waals surface area (Å²) in [7, 11) is -3.39. The van der Waals surface area contributed by atoms with Gasteiger partial charge in [0.1, 0.15) is 0 Å². The van der Waals surface area contributed by atoms with Crippen LogP contribution >= 0.6 is 0 Å². The van der Waals surface area contributed by atoms with Crippen LogP contribution in [0.5, 0.6) is 0 Å². The van der Waals surface area contributed by atoms with Crippen LogP contribution in [0.25, 0.3) is 0 Å². The number of carbonyl (C=O) groups is 2. The fourth-order valence-electron chi connectivity index (χ4n) is 2.22. The van der Waals surface area contributed by atoms with E-state index in [-0.39, 0.29) is 25.1 Å². The summed E-state index contributed by atoms with van der Waals surface area (Å²) in [5.74, 6) is -1.71. The summed E-state index contributed by atoms with van der Waals surface area (Å²) in [6, 6.07) is 0. The van der Waals surface area contributed by atoms with E-state index in [0.29, 0.717) is 12.8 Å². The fourth-order valence-corrected chi connectivity index (χ4v) is 4.11. The number of sulfone groups is 1. The van der Waals surface area contributed by atoms with Crippen LogP contribution in [0.1, 0.15) is 26.2 Å². The van der Waals surface area contributed by atoms with Gasteiger partial charge >= 0.3 is 5.97 Å². The molecule has 0 radical (unpaired) electrons. The van der Waals surface area contributed by atoms with Gasteiger partial charge in [-0.1, -0.05) is 6.92 Å². The maximum Gasteiger partial charge on any atom is 0.330 e. The summed E-state index contributed by atoms with van der Waals surface area (Å²) in [6.45, 7) is 2.06. The fraction of sp³-hybridized carbons (Fsp3) is 0.800. The lowest BCUT2D eigenvalue weighted by Crippen LogP contribution is -2.60. The Morgan fingerprint density at radius 2 is 2.18 bits per heavy atom. The quantitative estimate of drug-likeness (QED) is 0.699. The minimum Gasteiger partial charge on any atom is -0.479 e. The first-order chi connectivity index (χ1) is 7.88. The zero-order valence-electron chi connectivity index (χ0n) is 9.76. The average Bonchev–Trinajstić information content (AvgIpc) is 2.24. The molecule has 98 valence electrons. The Morgan fingerprint density at radius 1 is 1.53 bits per heavy atom. The van der Waals surface area contributed by atoms with E-state index < -0.39 is 27.1 Å². The molecule has 0 aromatic rings. The SMILES string of the molecule is CCCN(C=O)C1(C(=O)O)CCCS(=O)(=O)C1. The molecule has 1 aliphatic heterocycles. The predicted octanol–water partition coefficient (Wildman–Crippen LogP) is -0.113. The Bertz CT molecular complexity index is 405. The molecule has 0 aromatic heterocycles. The van der Waals surface area contributed by atoms with Crippen molar-refractivity contribution < 1.29 is 23.1 Å². The molecular weight excluding hydrogens is 246 g/mol. The molecule has 0 aliphatic carbocycles. The Balaban J connectivity index is 3.12. The topological polar surface area (TPSA) is 91.8 Å². The lowest BCUT2D eigenvalue weighted by Gasteiger charge is -2.40. The van der Waals surface area contributed by atoms with Crippen LogP contribution in [0.3, 0.4) is 0 Å². The highest BCUT2D eigenvalue weighted by Gasteiger charge is 2.49. The lowest BCUT2D eigenvalue weighted by atomic mass is 9.93. The van der Waals surface area contributed by atoms with Gasteiger partial charge in [-0.15, -0.1) is 0 Å². The summed E-state index contributed by atoms with van der Waals surface area (Å²) in [6.07, 6.45) is 1.51. The Hall–Kier alpha value is -1.11. The van der Waals surface area contributed by atoms with Gasteiger partial charge in [0.25, 0.3) is 0 Å². The number of carbonyl (C=O) groups excluding carboxylic acids is 1. The van der Waals surface area contributed by atoms with Crippen LogP contribution in [-0.4, -0.2) is 54.4 Å². The normalized spacial score (nSPS) is 27.4. The predicted molar refractivity (Wildman–Crippen MR) is 61.3 cm³/mol. The standard InChI is InChI=1S/C10H17NO5S/c1-2-5-11(8-12)10(9(13)14)4-3-6-17(15,16)7-10/h8H,2-7H2,1H3,(H,13,14). The molecule has 17 heavy (non-hydrogen) atoms. The van der Waals surface area contributed by atoms with Crippen LogP contribution < -0.4 is 0 Å². The average molecular weight is 263 g/mol. The van der Waals surface area contributed by atoms with Crippen molar-refractivity contribution >= 4 is 22.2 Å². The summed E-state index contributed by atoms with van der Waals surface area (Å²) in [5.41, 5.74) is -1.57. The highest BCUT2D eigenvalue weighted by Crippen LogP contribution is 2.29. The molecule has 6 nitrogen and oxygen atoms in total. The van der Waals surface area contributed by atoms with Crippen molar-refractivity contribution in [3.63, 3.8) is 0 Å². The lowest BCUT2D eigenvalue weighted by molar-refractivity contribution is -0.154. The summed E-state index contributed by atoms with van der Waals surface area (Å²) in [4.78, 5) is 23.5. The van der Waals surface area contributed by atoms with Gasteiger partial charge in [0.05, 0.1) is 11.5 Å². The minimum absolute atomic E-state index is 0.000845. The first kappa shape index (κ1) is 14.0. The van der Waals surface area contributed by atoms with E-state index in [0.717, 1.165) is 4.90 Å². The molecule has 1 amide bonds. The molecule has 1 saturated heterocycles. The van der Waals surface area contributed by atoms with E-state index in [1.807, 2.05) is 6.92 Å². The number of hydrogen-bond acceptors (Lipinski definition) is 4. The Kier molecular flexibility index (Phi) is 4.13. The van der Waals surface area contributed by atoms with Gasteiger partial charge in [-0.3, -0.25) is 4.79 Å². The molecule has 1 N–H and O–H groups in total. The number of carboxylic acid groups (broad SMARTS) is 1. The van der Waals surface area contributed by atoms with E-state index >= 15 is 0 Å². The summed E-state index contributed by atoms with van der Waals surface area (Å²) < 4.78 is 23.2. The zero-order chi connectivity index (χ0) is 13.1. The number of hydrogen-bond donors (Lipinski definition) is 1. The molecule has 0 spiro atoms. The van der Waals surface area contributed by atoms with Gasteiger partial charge in [0.2, 0.25) is 6.41 Å². The van der Waals surface area contributed by atoms with Gasteiger partial charge in [-0.05, 0) is 19.3 Å². The zero-order valence-corrected chi connectivity index (χ0v) is 10.6. The third-order valence-corrected chi connectivity index (χ3v) is 4.87. The smallest absolute Gasteiger partial charge is 0.330 e. The van der Waals surface area contributed by atoms with E-state index in [2.05, 4.69) is 0 Å². The molecule has 1 atom stereocenters. The van der Waals surface area contributed by atoms with Crippen molar-refractivity contribution in [2.45, 2.75) is 31.7 Å². The number of carboxylic acids is 1. The molecule has 1 aliphatic rings. The highest BCUT2D eigenvalue weighted by molar-refractivity contribution is 7.91. The second-order valence-electron chi connectivity index (χ2n) is 4.33. The molecule has 0 bridgehead atoms. The molecule has 1 fully saturated rings. The number of rotatable bonds is 5. The molecule has 0 aromatic carbocycles. The van der Waals surface area contributed by atoms with Crippen LogP contribution in [0, 0.1) is 0 Å². The van der Waals surface area contributed by atoms with Crippen molar-refractivity contribution in [1.82, 2.24) is 4.90 Å². The van der Waals surface area contributed by atoms with Crippen molar-refractivity contribution in [2.75, 3.05) is 18.1 Å². The van der Waals surface area contributed by atoms with Gasteiger partial charge in [0.15, 0.2) is 15.4 Å². The van der Waals surface area contributed by atoms with E-state index in [9.17, 15) is 23.1 Å². The molecule has 7 heteroatoms. The van der Waals surface area contributed by atoms with E-state index in [4.69, 9.17) is 0 Å². The van der Waals surface area contributed by atoms with Crippen LogP contribution in [-0.2, 0) is 19.4 Å². The maximum atomic E-state index is 11.6. The van der Waals surface area contributed by atoms with Gasteiger partial charge in [-0.2, -0.15) is 0 Å². The molecule has 1 rings (SSSR count). The maximum absolute atomic E-state index is 11.6. The van der Waals surface area contributed by atoms with Crippen molar-refractivity contribution in [2.24, 2.45) is 0 Å².